The lowest BCUT2D eigenvalue weighted by Gasteiger charge is -2.05. The Balaban J connectivity index is 1.84. The summed E-state index contributed by atoms with van der Waals surface area (Å²) in [6, 6.07) is 7.98. The maximum absolute atomic E-state index is 10.4. The van der Waals surface area contributed by atoms with E-state index < -0.39 is 0 Å². The van der Waals surface area contributed by atoms with Crippen molar-refractivity contribution in [3.8, 4) is 5.75 Å². The molecule has 1 aromatic rings. The van der Waals surface area contributed by atoms with Gasteiger partial charge in [-0.25, -0.2) is 0 Å². The monoisotopic (exact) mass is 190 g/mol. The number of carbonyl (C=O) groups excluding carboxylic acids is 1. The number of aldehydes is 1. The van der Waals surface area contributed by atoms with Gasteiger partial charge in [0.15, 0.2) is 0 Å². The number of benzene rings is 1. The highest BCUT2D eigenvalue weighted by Crippen LogP contribution is 2.36. The van der Waals surface area contributed by atoms with Crippen LogP contribution < -0.4 is 4.74 Å². The number of rotatable bonds is 4. The standard InChI is InChI=1S/C12H14O2/c1-9-3-2-4-12(5-9)14-8-11-6-10(11)7-13/h2-5,7,10-11H,6,8H2,1H3. The Morgan fingerprint density at radius 2 is 2.43 bits per heavy atom. The maximum atomic E-state index is 10.4. The third-order valence-corrected chi connectivity index (χ3v) is 2.61. The first-order valence-corrected chi connectivity index (χ1v) is 4.94. The normalized spacial score (nSPS) is 24.4. The third-order valence-electron chi connectivity index (χ3n) is 2.61. The molecule has 0 N–H and O–H groups in total. The van der Waals surface area contributed by atoms with Crippen LogP contribution in [0.25, 0.3) is 0 Å². The van der Waals surface area contributed by atoms with Crippen LogP contribution in [0, 0.1) is 18.8 Å². The first kappa shape index (κ1) is 9.25. The molecule has 2 rings (SSSR count). The van der Waals surface area contributed by atoms with E-state index in [2.05, 4.69) is 0 Å². The summed E-state index contributed by atoms with van der Waals surface area (Å²) in [4.78, 5) is 10.4. The molecule has 0 aliphatic heterocycles. The second-order valence-corrected chi connectivity index (χ2v) is 3.92. The predicted molar refractivity (Wildman–Crippen MR) is 54.3 cm³/mol. The molecule has 0 saturated heterocycles. The molecule has 2 heteroatoms. The Morgan fingerprint density at radius 1 is 1.57 bits per heavy atom. The van der Waals surface area contributed by atoms with Crippen molar-refractivity contribution in [1.82, 2.24) is 0 Å². The average Bonchev–Trinajstić information content (AvgIpc) is 2.93. The van der Waals surface area contributed by atoms with E-state index in [9.17, 15) is 4.79 Å². The largest absolute Gasteiger partial charge is 0.493 e. The fourth-order valence-electron chi connectivity index (χ4n) is 1.54. The van der Waals surface area contributed by atoms with Gasteiger partial charge in [0.2, 0.25) is 0 Å². The van der Waals surface area contributed by atoms with Crippen molar-refractivity contribution in [1.29, 1.82) is 0 Å². The fraction of sp³-hybridized carbons (Fsp3) is 0.417. The highest BCUT2D eigenvalue weighted by Gasteiger charge is 2.37. The van der Waals surface area contributed by atoms with Gasteiger partial charge in [-0.1, -0.05) is 12.1 Å². The van der Waals surface area contributed by atoms with E-state index in [0.717, 1.165) is 18.5 Å². The van der Waals surface area contributed by atoms with E-state index in [1.165, 1.54) is 5.56 Å². The van der Waals surface area contributed by atoms with Crippen LogP contribution in [0.2, 0.25) is 0 Å². The zero-order valence-electron chi connectivity index (χ0n) is 8.27. The van der Waals surface area contributed by atoms with E-state index in [4.69, 9.17) is 4.74 Å². The molecule has 0 aromatic heterocycles. The SMILES string of the molecule is Cc1cccc(OCC2CC2C=O)c1. The van der Waals surface area contributed by atoms with Gasteiger partial charge < -0.3 is 9.53 Å². The Labute approximate surface area is 83.9 Å². The number of hydrogen-bond donors (Lipinski definition) is 0. The summed E-state index contributed by atoms with van der Waals surface area (Å²) in [5.74, 6) is 1.61. The van der Waals surface area contributed by atoms with E-state index >= 15 is 0 Å². The van der Waals surface area contributed by atoms with Gasteiger partial charge in [-0.05, 0) is 31.0 Å². The van der Waals surface area contributed by atoms with Gasteiger partial charge in [-0.2, -0.15) is 0 Å². The molecule has 2 unspecified atom stereocenters. The molecule has 1 aliphatic carbocycles. The minimum Gasteiger partial charge on any atom is -0.493 e. The molecular formula is C12H14O2. The highest BCUT2D eigenvalue weighted by molar-refractivity contribution is 5.58. The van der Waals surface area contributed by atoms with E-state index in [1.54, 1.807) is 0 Å². The molecule has 0 bridgehead atoms. The molecule has 14 heavy (non-hydrogen) atoms. The first-order chi connectivity index (χ1) is 6.79. The second kappa shape index (κ2) is 3.82. The number of hydrogen-bond acceptors (Lipinski definition) is 2. The molecule has 0 radical (unpaired) electrons. The summed E-state index contributed by atoms with van der Waals surface area (Å²) >= 11 is 0. The van der Waals surface area contributed by atoms with E-state index in [-0.39, 0.29) is 5.92 Å². The number of carbonyl (C=O) groups is 1. The molecule has 2 atom stereocenters. The summed E-state index contributed by atoms with van der Waals surface area (Å²) in [6.07, 6.45) is 2.03. The quantitative estimate of drug-likeness (QED) is 0.680. The van der Waals surface area contributed by atoms with Gasteiger partial charge in [0.25, 0.3) is 0 Å². The van der Waals surface area contributed by atoms with E-state index in [0.29, 0.717) is 12.5 Å². The number of ether oxygens (including phenoxy) is 1. The van der Waals surface area contributed by atoms with Gasteiger partial charge in [-0.3, -0.25) is 0 Å². The maximum Gasteiger partial charge on any atom is 0.123 e. The Kier molecular flexibility index (Phi) is 2.53. The van der Waals surface area contributed by atoms with Crippen molar-refractivity contribution < 1.29 is 9.53 Å². The van der Waals surface area contributed by atoms with Crippen molar-refractivity contribution in [2.45, 2.75) is 13.3 Å². The smallest absolute Gasteiger partial charge is 0.123 e. The summed E-state index contributed by atoms with van der Waals surface area (Å²) in [5, 5.41) is 0. The minimum atomic E-state index is 0.250. The zero-order valence-corrected chi connectivity index (χ0v) is 8.27. The summed E-state index contributed by atoms with van der Waals surface area (Å²) in [6.45, 7) is 2.71. The van der Waals surface area contributed by atoms with Crippen LogP contribution in [0.1, 0.15) is 12.0 Å². The number of aryl methyl sites for hydroxylation is 1. The topological polar surface area (TPSA) is 26.3 Å². The van der Waals surface area contributed by atoms with Crippen LogP contribution in [0.3, 0.4) is 0 Å². The van der Waals surface area contributed by atoms with Crippen molar-refractivity contribution >= 4 is 6.29 Å². The Morgan fingerprint density at radius 3 is 3.07 bits per heavy atom. The molecule has 1 aliphatic rings. The van der Waals surface area contributed by atoms with Crippen LogP contribution in [0.4, 0.5) is 0 Å². The summed E-state index contributed by atoms with van der Waals surface area (Å²) in [7, 11) is 0. The second-order valence-electron chi connectivity index (χ2n) is 3.92. The molecular weight excluding hydrogens is 176 g/mol. The first-order valence-electron chi connectivity index (χ1n) is 4.94. The summed E-state index contributed by atoms with van der Waals surface area (Å²) in [5.41, 5.74) is 1.20. The lowest BCUT2D eigenvalue weighted by atomic mass is 10.2. The zero-order chi connectivity index (χ0) is 9.97. The molecule has 0 heterocycles. The molecule has 2 nitrogen and oxygen atoms in total. The molecule has 1 aromatic carbocycles. The minimum absolute atomic E-state index is 0.250. The average molecular weight is 190 g/mol. The van der Waals surface area contributed by atoms with Crippen molar-refractivity contribution in [3.05, 3.63) is 29.8 Å². The molecule has 0 spiro atoms. The molecule has 1 fully saturated rings. The van der Waals surface area contributed by atoms with Gasteiger partial charge in [0.05, 0.1) is 6.61 Å². The van der Waals surface area contributed by atoms with Crippen molar-refractivity contribution in [3.63, 3.8) is 0 Å². The van der Waals surface area contributed by atoms with Crippen molar-refractivity contribution in [2.24, 2.45) is 11.8 Å². The van der Waals surface area contributed by atoms with E-state index in [1.807, 2.05) is 31.2 Å². The lowest BCUT2D eigenvalue weighted by Crippen LogP contribution is -2.01. The molecule has 0 amide bonds. The van der Waals surface area contributed by atoms with Crippen LogP contribution in [-0.2, 0) is 4.79 Å². The van der Waals surface area contributed by atoms with Gasteiger partial charge in [0, 0.05) is 11.8 Å². The lowest BCUT2D eigenvalue weighted by molar-refractivity contribution is -0.109. The van der Waals surface area contributed by atoms with Crippen LogP contribution in [0.15, 0.2) is 24.3 Å². The highest BCUT2D eigenvalue weighted by atomic mass is 16.5. The Bertz CT molecular complexity index is 333. The van der Waals surface area contributed by atoms with Crippen molar-refractivity contribution in [2.75, 3.05) is 6.61 Å². The molecule has 1 saturated carbocycles. The fourth-order valence-corrected chi connectivity index (χ4v) is 1.54. The van der Waals surface area contributed by atoms with Gasteiger partial charge in [0.1, 0.15) is 12.0 Å². The third kappa shape index (κ3) is 2.13. The predicted octanol–water partition coefficient (Wildman–Crippen LogP) is 2.21. The van der Waals surface area contributed by atoms with Crippen LogP contribution >= 0.6 is 0 Å². The van der Waals surface area contributed by atoms with Crippen LogP contribution in [-0.4, -0.2) is 12.9 Å². The van der Waals surface area contributed by atoms with Gasteiger partial charge in [-0.15, -0.1) is 0 Å². The van der Waals surface area contributed by atoms with Gasteiger partial charge >= 0.3 is 0 Å². The summed E-state index contributed by atoms with van der Waals surface area (Å²) < 4.78 is 5.58. The molecule has 74 valence electrons. The Hall–Kier alpha value is -1.31. The van der Waals surface area contributed by atoms with Crippen LogP contribution in [0.5, 0.6) is 5.75 Å².